The third-order valence-electron chi connectivity index (χ3n) is 3.39. The van der Waals surface area contributed by atoms with Crippen LogP contribution in [0.25, 0.3) is 0 Å². The lowest BCUT2D eigenvalue weighted by atomic mass is 9.96. The Morgan fingerprint density at radius 3 is 2.65 bits per heavy atom. The zero-order chi connectivity index (χ0) is 14.1. The molecule has 0 bridgehead atoms. The van der Waals surface area contributed by atoms with Gasteiger partial charge in [-0.05, 0) is 35.9 Å². The van der Waals surface area contributed by atoms with Gasteiger partial charge < -0.3 is 14.6 Å². The lowest BCUT2D eigenvalue weighted by Gasteiger charge is -2.25. The summed E-state index contributed by atoms with van der Waals surface area (Å²) in [5.41, 5.74) is 1.43. The van der Waals surface area contributed by atoms with E-state index < -0.39 is 0 Å². The van der Waals surface area contributed by atoms with Gasteiger partial charge in [0.1, 0.15) is 23.4 Å². The molecule has 1 aliphatic rings. The van der Waals surface area contributed by atoms with Crippen molar-refractivity contribution in [3.05, 3.63) is 53.6 Å². The summed E-state index contributed by atoms with van der Waals surface area (Å²) in [5.74, 6) is 1.44. The summed E-state index contributed by atoms with van der Waals surface area (Å²) in [6, 6.07) is 11.9. The van der Waals surface area contributed by atoms with Gasteiger partial charge in [-0.3, -0.25) is 4.79 Å². The van der Waals surface area contributed by atoms with Crippen molar-refractivity contribution in [3.8, 4) is 17.2 Å². The van der Waals surface area contributed by atoms with Crippen LogP contribution in [0.5, 0.6) is 17.2 Å². The highest BCUT2D eigenvalue weighted by Crippen LogP contribution is 2.36. The van der Waals surface area contributed by atoms with E-state index in [4.69, 9.17) is 9.47 Å². The van der Waals surface area contributed by atoms with Crippen molar-refractivity contribution in [1.29, 1.82) is 0 Å². The maximum absolute atomic E-state index is 12.2. The molecule has 0 amide bonds. The molecule has 0 aliphatic carbocycles. The Morgan fingerprint density at radius 2 is 1.95 bits per heavy atom. The molecule has 102 valence electrons. The number of ketones is 1. The molecule has 1 atom stereocenters. The van der Waals surface area contributed by atoms with Gasteiger partial charge in [0.05, 0.1) is 19.1 Å². The lowest BCUT2D eigenvalue weighted by Crippen LogP contribution is -2.20. The SMILES string of the molecule is COc1ccc2c(c1)C(=O)CC(c1ccc(O)cc1)O2. The van der Waals surface area contributed by atoms with Crippen molar-refractivity contribution in [3.63, 3.8) is 0 Å². The van der Waals surface area contributed by atoms with Crippen LogP contribution in [0.4, 0.5) is 0 Å². The highest BCUT2D eigenvalue weighted by Gasteiger charge is 2.27. The van der Waals surface area contributed by atoms with Crippen molar-refractivity contribution >= 4 is 5.78 Å². The van der Waals surface area contributed by atoms with Gasteiger partial charge in [0.15, 0.2) is 5.78 Å². The molecule has 20 heavy (non-hydrogen) atoms. The number of carbonyl (C=O) groups is 1. The Kier molecular flexibility index (Phi) is 3.06. The molecule has 2 aromatic rings. The molecule has 0 radical (unpaired) electrons. The van der Waals surface area contributed by atoms with E-state index in [2.05, 4.69) is 0 Å². The van der Waals surface area contributed by atoms with E-state index in [9.17, 15) is 9.90 Å². The molecule has 0 spiro atoms. The summed E-state index contributed by atoms with van der Waals surface area (Å²) in [4.78, 5) is 12.2. The molecule has 0 saturated carbocycles. The Balaban J connectivity index is 1.92. The van der Waals surface area contributed by atoms with E-state index in [1.807, 2.05) is 0 Å². The topological polar surface area (TPSA) is 55.8 Å². The standard InChI is InChI=1S/C16H14O4/c1-19-12-6-7-15-13(8-12)14(18)9-16(20-15)10-2-4-11(17)5-3-10/h2-8,16-17H,9H2,1H3. The number of phenolic OH excluding ortho intramolecular Hbond substituents is 1. The predicted octanol–water partition coefficient (Wildman–Crippen LogP) is 3.11. The van der Waals surface area contributed by atoms with Crippen LogP contribution in [-0.2, 0) is 0 Å². The van der Waals surface area contributed by atoms with Crippen LogP contribution in [0, 0.1) is 0 Å². The molecule has 4 heteroatoms. The minimum atomic E-state index is -0.316. The normalized spacial score (nSPS) is 17.2. The average molecular weight is 270 g/mol. The number of ether oxygens (including phenoxy) is 2. The highest BCUT2D eigenvalue weighted by atomic mass is 16.5. The molecular weight excluding hydrogens is 256 g/mol. The fourth-order valence-electron chi connectivity index (χ4n) is 2.30. The van der Waals surface area contributed by atoms with Crippen LogP contribution in [0.1, 0.15) is 28.4 Å². The van der Waals surface area contributed by atoms with E-state index >= 15 is 0 Å². The van der Waals surface area contributed by atoms with Gasteiger partial charge in [-0.15, -0.1) is 0 Å². The number of carbonyl (C=O) groups excluding carboxylic acids is 1. The molecule has 0 aromatic heterocycles. The maximum Gasteiger partial charge on any atom is 0.170 e. The first kappa shape index (κ1) is 12.5. The first-order valence-corrected chi connectivity index (χ1v) is 6.34. The van der Waals surface area contributed by atoms with Gasteiger partial charge >= 0.3 is 0 Å². The summed E-state index contributed by atoms with van der Waals surface area (Å²) < 4.78 is 11.0. The van der Waals surface area contributed by atoms with Crippen molar-refractivity contribution in [2.75, 3.05) is 7.11 Å². The van der Waals surface area contributed by atoms with Crippen molar-refractivity contribution in [2.45, 2.75) is 12.5 Å². The van der Waals surface area contributed by atoms with E-state index in [-0.39, 0.29) is 24.1 Å². The van der Waals surface area contributed by atoms with E-state index in [1.54, 1.807) is 49.6 Å². The molecule has 3 rings (SSSR count). The van der Waals surface area contributed by atoms with Gasteiger partial charge in [0.25, 0.3) is 0 Å². The number of phenols is 1. The van der Waals surface area contributed by atoms with Crippen LogP contribution in [0.2, 0.25) is 0 Å². The molecule has 4 nitrogen and oxygen atoms in total. The van der Waals surface area contributed by atoms with Gasteiger partial charge in [0, 0.05) is 0 Å². The molecule has 1 unspecified atom stereocenters. The predicted molar refractivity (Wildman–Crippen MR) is 73.4 cm³/mol. The van der Waals surface area contributed by atoms with Crippen molar-refractivity contribution in [1.82, 2.24) is 0 Å². The maximum atomic E-state index is 12.2. The molecule has 0 fully saturated rings. The van der Waals surface area contributed by atoms with Gasteiger partial charge in [0.2, 0.25) is 0 Å². The van der Waals surface area contributed by atoms with Crippen LogP contribution in [0.3, 0.4) is 0 Å². The van der Waals surface area contributed by atoms with E-state index in [1.165, 1.54) is 0 Å². The van der Waals surface area contributed by atoms with Crippen LogP contribution in [0.15, 0.2) is 42.5 Å². The van der Waals surface area contributed by atoms with Crippen molar-refractivity contribution < 1.29 is 19.4 Å². The number of hydrogen-bond donors (Lipinski definition) is 1. The number of methoxy groups -OCH3 is 1. The Morgan fingerprint density at radius 1 is 1.20 bits per heavy atom. The Labute approximate surface area is 116 Å². The average Bonchev–Trinajstić information content (AvgIpc) is 2.47. The Bertz CT molecular complexity index is 646. The highest BCUT2D eigenvalue weighted by molar-refractivity contribution is 6.00. The number of aromatic hydroxyl groups is 1. The zero-order valence-electron chi connectivity index (χ0n) is 11.0. The minimum absolute atomic E-state index is 0.0308. The summed E-state index contributed by atoms with van der Waals surface area (Å²) >= 11 is 0. The number of benzene rings is 2. The van der Waals surface area contributed by atoms with Crippen LogP contribution >= 0.6 is 0 Å². The number of Topliss-reactive ketones (excluding diaryl/α,β-unsaturated/α-hetero) is 1. The number of rotatable bonds is 2. The quantitative estimate of drug-likeness (QED) is 0.911. The van der Waals surface area contributed by atoms with Crippen molar-refractivity contribution in [2.24, 2.45) is 0 Å². The second-order valence-electron chi connectivity index (χ2n) is 4.69. The summed E-state index contributed by atoms with van der Waals surface area (Å²) in [7, 11) is 1.56. The third-order valence-corrected chi connectivity index (χ3v) is 3.39. The van der Waals surface area contributed by atoms with Gasteiger partial charge in [-0.2, -0.15) is 0 Å². The smallest absolute Gasteiger partial charge is 0.170 e. The van der Waals surface area contributed by atoms with E-state index in [0.717, 1.165) is 5.56 Å². The summed E-state index contributed by atoms with van der Waals surface area (Å²) in [6.45, 7) is 0. The van der Waals surface area contributed by atoms with Gasteiger partial charge in [-0.1, -0.05) is 12.1 Å². The first-order valence-electron chi connectivity index (χ1n) is 6.34. The summed E-state index contributed by atoms with van der Waals surface area (Å²) in [6.07, 6.45) is -0.0331. The molecule has 2 aromatic carbocycles. The fraction of sp³-hybridized carbons (Fsp3) is 0.188. The molecule has 1 N–H and O–H groups in total. The Hall–Kier alpha value is -2.49. The van der Waals surface area contributed by atoms with E-state index in [0.29, 0.717) is 17.1 Å². The van der Waals surface area contributed by atoms with Crippen LogP contribution in [-0.4, -0.2) is 18.0 Å². The second kappa shape index (κ2) is 4.89. The summed E-state index contributed by atoms with van der Waals surface area (Å²) in [5, 5.41) is 9.30. The largest absolute Gasteiger partial charge is 0.508 e. The van der Waals surface area contributed by atoms with Gasteiger partial charge in [-0.25, -0.2) is 0 Å². The molecule has 1 heterocycles. The number of fused-ring (bicyclic) bond motifs is 1. The zero-order valence-corrected chi connectivity index (χ0v) is 11.0. The lowest BCUT2D eigenvalue weighted by molar-refractivity contribution is 0.0849. The number of hydrogen-bond acceptors (Lipinski definition) is 4. The minimum Gasteiger partial charge on any atom is -0.508 e. The molecule has 1 aliphatic heterocycles. The molecular formula is C16H14O4. The second-order valence-corrected chi connectivity index (χ2v) is 4.69. The molecule has 0 saturated heterocycles. The monoisotopic (exact) mass is 270 g/mol. The fourth-order valence-corrected chi connectivity index (χ4v) is 2.30. The van der Waals surface area contributed by atoms with Crippen LogP contribution < -0.4 is 9.47 Å². The third kappa shape index (κ3) is 2.20. The first-order chi connectivity index (χ1) is 9.67.